The highest BCUT2D eigenvalue weighted by Crippen LogP contribution is 2.29. The Bertz CT molecular complexity index is 1030. The van der Waals surface area contributed by atoms with Crippen LogP contribution in [0.4, 0.5) is 0 Å². The molecule has 1 atom stereocenters. The number of nitrogens with zero attached hydrogens (tertiary/aromatic N) is 4. The number of piperidine rings is 1. The first-order valence-electron chi connectivity index (χ1n) is 10.5. The molecule has 30 heavy (non-hydrogen) atoms. The van der Waals surface area contributed by atoms with Crippen molar-refractivity contribution in [3.8, 4) is 17.1 Å². The van der Waals surface area contributed by atoms with Crippen LogP contribution in [0, 0.1) is 13.8 Å². The minimum Gasteiger partial charge on any atom is -0.339 e. The van der Waals surface area contributed by atoms with Crippen molar-refractivity contribution in [1.29, 1.82) is 0 Å². The number of aromatic nitrogens is 3. The molecule has 1 amide bonds. The summed E-state index contributed by atoms with van der Waals surface area (Å²) in [5.74, 6) is 1.36. The van der Waals surface area contributed by atoms with E-state index in [1.807, 2.05) is 11.0 Å². The molecule has 0 N–H and O–H groups in total. The Morgan fingerprint density at radius 1 is 1.07 bits per heavy atom. The van der Waals surface area contributed by atoms with Gasteiger partial charge in [-0.05, 0) is 58.2 Å². The molecule has 0 spiro atoms. The average molecular weight is 421 g/mol. The second-order valence-corrected chi connectivity index (χ2v) is 9.01. The molecular formula is C24H28N4OS. The predicted molar refractivity (Wildman–Crippen MR) is 122 cm³/mol. The summed E-state index contributed by atoms with van der Waals surface area (Å²) in [6, 6.07) is 16.9. The van der Waals surface area contributed by atoms with Gasteiger partial charge in [-0.3, -0.25) is 9.36 Å². The van der Waals surface area contributed by atoms with Crippen molar-refractivity contribution in [3.05, 3.63) is 59.7 Å². The maximum Gasteiger partial charge on any atom is 0.233 e. The highest BCUT2D eigenvalue weighted by Gasteiger charge is 2.24. The Balaban J connectivity index is 1.64. The first-order chi connectivity index (χ1) is 14.5. The van der Waals surface area contributed by atoms with Crippen LogP contribution < -0.4 is 0 Å². The maximum absolute atomic E-state index is 12.8. The number of carbonyl (C=O) groups is 1. The molecule has 0 radical (unpaired) electrons. The molecule has 2 aromatic carbocycles. The largest absolute Gasteiger partial charge is 0.339 e. The quantitative estimate of drug-likeness (QED) is 0.542. The Labute approximate surface area is 182 Å². The molecule has 1 aliphatic heterocycles. The first-order valence-corrected chi connectivity index (χ1v) is 11.5. The van der Waals surface area contributed by atoms with Crippen molar-refractivity contribution in [1.82, 2.24) is 19.7 Å². The molecule has 0 bridgehead atoms. The second kappa shape index (κ2) is 9.04. The fraction of sp³-hybridized carbons (Fsp3) is 0.375. The van der Waals surface area contributed by atoms with Crippen LogP contribution in [-0.4, -0.2) is 43.9 Å². The number of carbonyl (C=O) groups excluding carboxylic acids is 1. The Morgan fingerprint density at radius 3 is 2.60 bits per heavy atom. The highest BCUT2D eigenvalue weighted by molar-refractivity contribution is 7.99. The van der Waals surface area contributed by atoms with Crippen LogP contribution in [0.5, 0.6) is 0 Å². The Kier molecular flexibility index (Phi) is 6.23. The van der Waals surface area contributed by atoms with Gasteiger partial charge in [0.05, 0.1) is 5.75 Å². The van der Waals surface area contributed by atoms with Gasteiger partial charge in [0.1, 0.15) is 0 Å². The number of amides is 1. The van der Waals surface area contributed by atoms with Crippen LogP contribution in [0.2, 0.25) is 0 Å². The summed E-state index contributed by atoms with van der Waals surface area (Å²) in [7, 11) is 0. The summed E-state index contributed by atoms with van der Waals surface area (Å²) in [6.07, 6.45) is 3.39. The summed E-state index contributed by atoms with van der Waals surface area (Å²) in [5.41, 5.74) is 4.40. The van der Waals surface area contributed by atoms with E-state index < -0.39 is 0 Å². The van der Waals surface area contributed by atoms with Gasteiger partial charge < -0.3 is 4.90 Å². The molecule has 1 aromatic heterocycles. The van der Waals surface area contributed by atoms with Gasteiger partial charge in [0.15, 0.2) is 11.0 Å². The zero-order valence-corrected chi connectivity index (χ0v) is 18.7. The molecule has 6 heteroatoms. The summed E-state index contributed by atoms with van der Waals surface area (Å²) >= 11 is 1.47. The van der Waals surface area contributed by atoms with Crippen molar-refractivity contribution in [2.24, 2.45) is 0 Å². The van der Waals surface area contributed by atoms with Gasteiger partial charge in [-0.2, -0.15) is 0 Å². The van der Waals surface area contributed by atoms with Crippen LogP contribution in [0.15, 0.2) is 53.7 Å². The molecular weight excluding hydrogens is 392 g/mol. The molecule has 4 rings (SSSR count). The van der Waals surface area contributed by atoms with Crippen LogP contribution in [0.3, 0.4) is 0 Å². The average Bonchev–Trinajstić information content (AvgIpc) is 3.17. The summed E-state index contributed by atoms with van der Waals surface area (Å²) in [6.45, 7) is 7.15. The normalized spacial score (nSPS) is 16.6. The molecule has 0 saturated carbocycles. The summed E-state index contributed by atoms with van der Waals surface area (Å²) in [4.78, 5) is 14.9. The lowest BCUT2D eigenvalue weighted by atomic mass is 10.0. The minimum absolute atomic E-state index is 0.183. The summed E-state index contributed by atoms with van der Waals surface area (Å²) < 4.78 is 2.06. The van der Waals surface area contributed by atoms with Crippen molar-refractivity contribution >= 4 is 17.7 Å². The van der Waals surface area contributed by atoms with Crippen molar-refractivity contribution < 1.29 is 4.79 Å². The minimum atomic E-state index is 0.183. The number of aryl methyl sites for hydroxylation is 2. The van der Waals surface area contributed by atoms with Crippen LogP contribution in [-0.2, 0) is 4.79 Å². The van der Waals surface area contributed by atoms with E-state index >= 15 is 0 Å². The molecule has 156 valence electrons. The van der Waals surface area contributed by atoms with E-state index in [9.17, 15) is 4.79 Å². The topological polar surface area (TPSA) is 51.0 Å². The molecule has 1 fully saturated rings. The van der Waals surface area contributed by atoms with Crippen molar-refractivity contribution in [2.75, 3.05) is 12.3 Å². The standard InChI is InChI=1S/C24H28N4OS/c1-17-10-12-21(13-11-17)28-23(20-9-6-7-18(2)15-20)25-26-24(28)30-16-22(29)27-14-5-4-8-19(27)3/h6-7,9-13,15,19H,4-5,8,14,16H2,1-3H3. The van der Waals surface area contributed by atoms with Crippen molar-refractivity contribution in [3.63, 3.8) is 0 Å². The smallest absolute Gasteiger partial charge is 0.233 e. The Morgan fingerprint density at radius 2 is 1.87 bits per heavy atom. The zero-order valence-electron chi connectivity index (χ0n) is 17.8. The Hall–Kier alpha value is -2.60. The van der Waals surface area contributed by atoms with Crippen LogP contribution in [0.1, 0.15) is 37.3 Å². The SMILES string of the molecule is Cc1ccc(-n2c(SCC(=O)N3CCCCC3C)nnc2-c2cccc(C)c2)cc1. The highest BCUT2D eigenvalue weighted by atomic mass is 32.2. The first kappa shape index (κ1) is 20.7. The van der Waals surface area contributed by atoms with Gasteiger partial charge in [0.2, 0.25) is 5.91 Å². The lowest BCUT2D eigenvalue weighted by molar-refractivity contribution is -0.131. The molecule has 1 aliphatic rings. The zero-order chi connectivity index (χ0) is 21.1. The fourth-order valence-corrected chi connectivity index (χ4v) is 4.78. The number of hydrogen-bond donors (Lipinski definition) is 0. The van der Waals surface area contributed by atoms with Gasteiger partial charge in [-0.15, -0.1) is 10.2 Å². The van der Waals surface area contributed by atoms with E-state index in [2.05, 4.69) is 78.0 Å². The maximum atomic E-state index is 12.8. The van der Waals surface area contributed by atoms with Gasteiger partial charge >= 0.3 is 0 Å². The van der Waals surface area contributed by atoms with E-state index in [0.717, 1.165) is 41.6 Å². The third-order valence-electron chi connectivity index (χ3n) is 5.65. The molecule has 2 heterocycles. The van der Waals surface area contributed by atoms with Crippen molar-refractivity contribution in [2.45, 2.75) is 51.2 Å². The number of thioether (sulfide) groups is 1. The second-order valence-electron chi connectivity index (χ2n) is 8.07. The monoisotopic (exact) mass is 420 g/mol. The fourth-order valence-electron chi connectivity index (χ4n) is 3.94. The van der Waals surface area contributed by atoms with E-state index in [1.54, 1.807) is 0 Å². The number of hydrogen-bond acceptors (Lipinski definition) is 4. The lowest BCUT2D eigenvalue weighted by Crippen LogP contribution is -2.42. The lowest BCUT2D eigenvalue weighted by Gasteiger charge is -2.33. The van der Waals surface area contributed by atoms with Gasteiger partial charge in [0, 0.05) is 23.8 Å². The van der Waals surface area contributed by atoms with Gasteiger partial charge in [0.25, 0.3) is 0 Å². The molecule has 0 aliphatic carbocycles. The number of rotatable bonds is 5. The predicted octanol–water partition coefficient (Wildman–Crippen LogP) is 5.04. The van der Waals surface area contributed by atoms with E-state index in [0.29, 0.717) is 11.8 Å². The van der Waals surface area contributed by atoms with Crippen LogP contribution >= 0.6 is 11.8 Å². The molecule has 1 unspecified atom stereocenters. The number of likely N-dealkylation sites (tertiary alicyclic amines) is 1. The van der Waals surface area contributed by atoms with E-state index in [1.165, 1.54) is 29.3 Å². The van der Waals surface area contributed by atoms with Gasteiger partial charge in [-0.1, -0.05) is 53.2 Å². The van der Waals surface area contributed by atoms with E-state index in [-0.39, 0.29) is 5.91 Å². The molecule has 1 saturated heterocycles. The van der Waals surface area contributed by atoms with Gasteiger partial charge in [-0.25, -0.2) is 0 Å². The third-order valence-corrected chi connectivity index (χ3v) is 6.56. The number of benzene rings is 2. The molecule has 5 nitrogen and oxygen atoms in total. The molecule has 3 aromatic rings. The van der Waals surface area contributed by atoms with E-state index in [4.69, 9.17) is 0 Å². The van der Waals surface area contributed by atoms with Crippen LogP contribution in [0.25, 0.3) is 17.1 Å². The third kappa shape index (κ3) is 4.43. The summed E-state index contributed by atoms with van der Waals surface area (Å²) in [5, 5.41) is 9.71.